The first-order chi connectivity index (χ1) is 8.05. The van der Waals surface area contributed by atoms with Crippen LogP contribution in [0.1, 0.15) is 23.2 Å². The Hall–Kier alpha value is -1.62. The average molecular weight is 255 g/mol. The van der Waals surface area contributed by atoms with Crippen molar-refractivity contribution in [2.45, 2.75) is 12.8 Å². The van der Waals surface area contributed by atoms with E-state index in [4.69, 9.17) is 16.7 Å². The summed E-state index contributed by atoms with van der Waals surface area (Å²) in [5.74, 6) is -1.23. The summed E-state index contributed by atoms with van der Waals surface area (Å²) in [4.78, 5) is 26.4. The van der Waals surface area contributed by atoms with Gasteiger partial charge in [0.2, 0.25) is 0 Å². The molecule has 17 heavy (non-hydrogen) atoms. The van der Waals surface area contributed by atoms with Crippen molar-refractivity contribution in [3.8, 4) is 0 Å². The number of halogens is 1. The molecule has 1 fully saturated rings. The number of carbonyl (C=O) groups excluding carboxylic acids is 1. The molecular weight excluding hydrogens is 244 g/mol. The molecular formula is C11H11ClN2O3. The van der Waals surface area contributed by atoms with Gasteiger partial charge in [0.25, 0.3) is 5.91 Å². The summed E-state index contributed by atoms with van der Waals surface area (Å²) in [6.45, 7) is 0.139. The number of aliphatic carboxylic acids is 1. The molecule has 1 heterocycles. The van der Waals surface area contributed by atoms with Crippen LogP contribution in [0.2, 0.25) is 5.02 Å². The molecule has 0 saturated heterocycles. The molecule has 1 aromatic heterocycles. The number of amides is 1. The zero-order chi connectivity index (χ0) is 12.5. The lowest BCUT2D eigenvalue weighted by atomic mass is 10.1. The van der Waals surface area contributed by atoms with Gasteiger partial charge in [0, 0.05) is 18.9 Å². The monoisotopic (exact) mass is 254 g/mol. The van der Waals surface area contributed by atoms with Crippen LogP contribution in [-0.4, -0.2) is 28.5 Å². The van der Waals surface area contributed by atoms with E-state index in [1.54, 1.807) is 0 Å². The maximum absolute atomic E-state index is 11.7. The molecule has 1 saturated carbocycles. The Morgan fingerprint density at radius 2 is 2.24 bits per heavy atom. The fraction of sp³-hybridized carbons (Fsp3) is 0.364. The molecule has 6 heteroatoms. The third-order valence-electron chi connectivity index (χ3n) is 2.91. The van der Waals surface area contributed by atoms with E-state index < -0.39 is 11.4 Å². The molecule has 1 aliphatic rings. The van der Waals surface area contributed by atoms with Gasteiger partial charge in [0.1, 0.15) is 0 Å². The lowest BCUT2D eigenvalue weighted by Gasteiger charge is -2.11. The van der Waals surface area contributed by atoms with Crippen LogP contribution >= 0.6 is 11.6 Å². The van der Waals surface area contributed by atoms with Crippen LogP contribution in [-0.2, 0) is 4.79 Å². The molecule has 5 nitrogen and oxygen atoms in total. The molecule has 0 aromatic carbocycles. The molecule has 0 unspecified atom stereocenters. The number of carbonyl (C=O) groups is 2. The van der Waals surface area contributed by atoms with Gasteiger partial charge in [-0.1, -0.05) is 11.6 Å². The van der Waals surface area contributed by atoms with E-state index in [9.17, 15) is 9.59 Å². The topological polar surface area (TPSA) is 79.3 Å². The minimum atomic E-state index is -0.862. The van der Waals surface area contributed by atoms with Gasteiger partial charge in [0.15, 0.2) is 0 Å². The minimum Gasteiger partial charge on any atom is -0.481 e. The summed E-state index contributed by atoms with van der Waals surface area (Å²) >= 11 is 5.81. The second-order valence-electron chi connectivity index (χ2n) is 4.12. The molecule has 2 rings (SSSR count). The Morgan fingerprint density at radius 1 is 1.53 bits per heavy atom. The van der Waals surface area contributed by atoms with E-state index in [0.29, 0.717) is 18.4 Å². The van der Waals surface area contributed by atoms with Gasteiger partial charge in [-0.2, -0.15) is 0 Å². The summed E-state index contributed by atoms with van der Waals surface area (Å²) in [5.41, 5.74) is -0.460. The Balaban J connectivity index is 1.99. The normalized spacial score (nSPS) is 16.3. The molecule has 0 spiro atoms. The number of carboxylic acid groups (broad SMARTS) is 1. The van der Waals surface area contributed by atoms with Crippen molar-refractivity contribution in [3.05, 3.63) is 29.0 Å². The van der Waals surface area contributed by atoms with E-state index in [1.807, 2.05) is 0 Å². The lowest BCUT2D eigenvalue weighted by Crippen LogP contribution is -2.34. The molecule has 1 aliphatic carbocycles. The van der Waals surface area contributed by atoms with E-state index >= 15 is 0 Å². The van der Waals surface area contributed by atoms with Crippen molar-refractivity contribution in [1.82, 2.24) is 10.3 Å². The smallest absolute Gasteiger partial charge is 0.311 e. The fourth-order valence-corrected chi connectivity index (χ4v) is 1.73. The van der Waals surface area contributed by atoms with Gasteiger partial charge in [-0.05, 0) is 18.9 Å². The van der Waals surface area contributed by atoms with Gasteiger partial charge in [0.05, 0.1) is 16.0 Å². The molecule has 0 aliphatic heterocycles. The molecule has 1 amide bonds. The number of hydrogen-bond acceptors (Lipinski definition) is 3. The highest BCUT2D eigenvalue weighted by atomic mass is 35.5. The number of rotatable bonds is 4. The largest absolute Gasteiger partial charge is 0.481 e. The number of carboxylic acids is 1. The van der Waals surface area contributed by atoms with E-state index in [0.717, 1.165) is 0 Å². The second kappa shape index (κ2) is 4.33. The Bertz CT molecular complexity index is 472. The first-order valence-electron chi connectivity index (χ1n) is 5.16. The maximum Gasteiger partial charge on any atom is 0.311 e. The first kappa shape index (κ1) is 11.9. The Labute approximate surface area is 103 Å². The summed E-state index contributed by atoms with van der Waals surface area (Å²) in [5, 5.41) is 11.8. The van der Waals surface area contributed by atoms with Gasteiger partial charge in [-0.3, -0.25) is 14.6 Å². The molecule has 0 bridgehead atoms. The molecule has 0 atom stereocenters. The van der Waals surface area contributed by atoms with Crippen molar-refractivity contribution in [2.24, 2.45) is 5.41 Å². The van der Waals surface area contributed by atoms with Crippen LogP contribution < -0.4 is 5.32 Å². The number of hydrogen-bond donors (Lipinski definition) is 2. The summed E-state index contributed by atoms with van der Waals surface area (Å²) in [6.07, 6.45) is 4.05. The van der Waals surface area contributed by atoms with Crippen LogP contribution in [0.4, 0.5) is 0 Å². The standard InChI is InChI=1S/C11H11ClN2O3/c12-8-5-13-4-1-7(8)9(15)14-6-11(2-3-11)10(16)17/h1,4-5H,2-3,6H2,(H,14,15)(H,16,17). The van der Waals surface area contributed by atoms with Crippen molar-refractivity contribution >= 4 is 23.5 Å². The third kappa shape index (κ3) is 2.39. The zero-order valence-electron chi connectivity index (χ0n) is 8.94. The highest BCUT2D eigenvalue weighted by molar-refractivity contribution is 6.33. The van der Waals surface area contributed by atoms with Gasteiger partial charge in [-0.25, -0.2) is 0 Å². The SMILES string of the molecule is O=C(NCC1(C(=O)O)CC1)c1ccncc1Cl. The summed E-state index contributed by atoms with van der Waals surface area (Å²) in [7, 11) is 0. The maximum atomic E-state index is 11.7. The molecule has 1 aromatic rings. The number of nitrogens with zero attached hydrogens (tertiary/aromatic N) is 1. The Kier molecular flexibility index (Phi) is 3.02. The van der Waals surface area contributed by atoms with Gasteiger partial charge < -0.3 is 10.4 Å². The summed E-state index contributed by atoms with van der Waals surface area (Å²) < 4.78 is 0. The average Bonchev–Trinajstić information content (AvgIpc) is 3.07. The van der Waals surface area contributed by atoms with Gasteiger partial charge in [-0.15, -0.1) is 0 Å². The quantitative estimate of drug-likeness (QED) is 0.850. The minimum absolute atomic E-state index is 0.139. The molecule has 0 radical (unpaired) electrons. The predicted molar refractivity (Wildman–Crippen MR) is 60.9 cm³/mol. The molecule has 2 N–H and O–H groups in total. The number of pyridine rings is 1. The Morgan fingerprint density at radius 3 is 2.76 bits per heavy atom. The predicted octanol–water partition coefficient (Wildman–Crippen LogP) is 1.33. The van der Waals surface area contributed by atoms with Crippen molar-refractivity contribution < 1.29 is 14.7 Å². The van der Waals surface area contributed by atoms with Crippen molar-refractivity contribution in [2.75, 3.05) is 6.54 Å². The van der Waals surface area contributed by atoms with Crippen LogP contribution in [0.3, 0.4) is 0 Å². The highest BCUT2D eigenvalue weighted by Gasteiger charge is 2.50. The van der Waals surface area contributed by atoms with Crippen molar-refractivity contribution in [1.29, 1.82) is 0 Å². The van der Waals surface area contributed by atoms with Crippen LogP contribution in [0.15, 0.2) is 18.5 Å². The highest BCUT2D eigenvalue weighted by Crippen LogP contribution is 2.45. The van der Waals surface area contributed by atoms with Crippen LogP contribution in [0.5, 0.6) is 0 Å². The first-order valence-corrected chi connectivity index (χ1v) is 5.54. The second-order valence-corrected chi connectivity index (χ2v) is 4.53. The zero-order valence-corrected chi connectivity index (χ0v) is 9.70. The lowest BCUT2D eigenvalue weighted by molar-refractivity contribution is -0.143. The fourth-order valence-electron chi connectivity index (χ4n) is 1.52. The van der Waals surface area contributed by atoms with E-state index in [1.165, 1.54) is 18.5 Å². The van der Waals surface area contributed by atoms with Crippen LogP contribution in [0, 0.1) is 5.41 Å². The van der Waals surface area contributed by atoms with E-state index in [-0.39, 0.29) is 17.5 Å². The molecule has 90 valence electrons. The third-order valence-corrected chi connectivity index (χ3v) is 3.21. The number of nitrogens with one attached hydrogen (secondary N) is 1. The summed E-state index contributed by atoms with van der Waals surface area (Å²) in [6, 6.07) is 1.50. The van der Waals surface area contributed by atoms with Gasteiger partial charge >= 0.3 is 5.97 Å². The van der Waals surface area contributed by atoms with Crippen molar-refractivity contribution in [3.63, 3.8) is 0 Å². The van der Waals surface area contributed by atoms with Crippen LogP contribution in [0.25, 0.3) is 0 Å². The van der Waals surface area contributed by atoms with E-state index in [2.05, 4.69) is 10.3 Å². The number of aromatic nitrogens is 1.